The standard InChI is InChI=1S/C17H14N2O2S/c20-16-9-6-13(10-18-16)17(21)19-11-14-7-8-15(22-14)12-4-2-1-3-5-12/h1-10H,11H2,(H,18,20)(H,19,21). The van der Waals surface area contributed by atoms with E-state index in [2.05, 4.69) is 28.5 Å². The monoisotopic (exact) mass is 310 g/mol. The molecule has 0 fully saturated rings. The molecule has 3 aromatic rings. The number of rotatable bonds is 4. The van der Waals surface area contributed by atoms with Gasteiger partial charge in [-0.3, -0.25) is 9.59 Å². The number of aromatic nitrogens is 1. The Hall–Kier alpha value is -2.66. The zero-order valence-corrected chi connectivity index (χ0v) is 12.5. The Morgan fingerprint density at radius 1 is 1.05 bits per heavy atom. The van der Waals surface area contributed by atoms with Gasteiger partial charge in [0.1, 0.15) is 0 Å². The van der Waals surface area contributed by atoms with Crippen LogP contribution in [0.3, 0.4) is 0 Å². The summed E-state index contributed by atoms with van der Waals surface area (Å²) >= 11 is 1.65. The summed E-state index contributed by atoms with van der Waals surface area (Å²) < 4.78 is 0. The van der Waals surface area contributed by atoms with Crippen LogP contribution >= 0.6 is 11.3 Å². The summed E-state index contributed by atoms with van der Waals surface area (Å²) in [4.78, 5) is 27.7. The minimum atomic E-state index is -0.220. The maximum absolute atomic E-state index is 12.0. The maximum Gasteiger partial charge on any atom is 0.253 e. The van der Waals surface area contributed by atoms with E-state index in [-0.39, 0.29) is 11.5 Å². The van der Waals surface area contributed by atoms with Crippen LogP contribution in [0.4, 0.5) is 0 Å². The lowest BCUT2D eigenvalue weighted by molar-refractivity contribution is 0.0951. The Balaban J connectivity index is 1.65. The van der Waals surface area contributed by atoms with Gasteiger partial charge in [0.25, 0.3) is 5.91 Å². The van der Waals surface area contributed by atoms with E-state index in [4.69, 9.17) is 0 Å². The van der Waals surface area contributed by atoms with E-state index < -0.39 is 0 Å². The number of aromatic amines is 1. The van der Waals surface area contributed by atoms with Crippen LogP contribution in [-0.2, 0) is 6.54 Å². The Morgan fingerprint density at radius 3 is 2.59 bits per heavy atom. The number of carbonyl (C=O) groups excluding carboxylic acids is 1. The quantitative estimate of drug-likeness (QED) is 0.778. The third-order valence-electron chi connectivity index (χ3n) is 3.19. The molecule has 0 unspecified atom stereocenters. The molecule has 3 rings (SSSR count). The summed E-state index contributed by atoms with van der Waals surface area (Å²) in [5, 5.41) is 2.85. The van der Waals surface area contributed by atoms with Crippen LogP contribution in [0.2, 0.25) is 0 Å². The normalized spacial score (nSPS) is 10.4. The van der Waals surface area contributed by atoms with Gasteiger partial charge in [0, 0.05) is 22.0 Å². The fraction of sp³-hybridized carbons (Fsp3) is 0.0588. The molecule has 2 aromatic heterocycles. The Labute approximate surface area is 131 Å². The van der Waals surface area contributed by atoms with E-state index in [9.17, 15) is 9.59 Å². The van der Waals surface area contributed by atoms with Gasteiger partial charge in [-0.1, -0.05) is 30.3 Å². The van der Waals surface area contributed by atoms with Crippen LogP contribution in [0.1, 0.15) is 15.2 Å². The molecule has 0 spiro atoms. The minimum Gasteiger partial charge on any atom is -0.347 e. The van der Waals surface area contributed by atoms with Crippen LogP contribution < -0.4 is 10.9 Å². The third kappa shape index (κ3) is 3.32. The topological polar surface area (TPSA) is 62.0 Å². The predicted octanol–water partition coefficient (Wildman–Crippen LogP) is 3.03. The summed E-state index contributed by atoms with van der Waals surface area (Å²) in [5.41, 5.74) is 1.40. The third-order valence-corrected chi connectivity index (χ3v) is 4.32. The van der Waals surface area contributed by atoms with E-state index in [0.29, 0.717) is 12.1 Å². The molecule has 22 heavy (non-hydrogen) atoms. The van der Waals surface area contributed by atoms with E-state index >= 15 is 0 Å². The predicted molar refractivity (Wildman–Crippen MR) is 88.0 cm³/mol. The number of amides is 1. The number of nitrogens with one attached hydrogen (secondary N) is 2. The van der Waals surface area contributed by atoms with Crippen molar-refractivity contribution in [3.05, 3.63) is 81.6 Å². The maximum atomic E-state index is 12.0. The molecule has 0 aliphatic heterocycles. The zero-order valence-electron chi connectivity index (χ0n) is 11.7. The lowest BCUT2D eigenvalue weighted by atomic mass is 10.2. The van der Waals surface area contributed by atoms with Crippen LogP contribution in [0.5, 0.6) is 0 Å². The Morgan fingerprint density at radius 2 is 1.86 bits per heavy atom. The molecule has 110 valence electrons. The van der Waals surface area contributed by atoms with Crippen LogP contribution in [0, 0.1) is 0 Å². The highest BCUT2D eigenvalue weighted by Crippen LogP contribution is 2.27. The zero-order chi connectivity index (χ0) is 15.4. The minimum absolute atomic E-state index is 0.203. The van der Waals surface area contributed by atoms with Gasteiger partial charge in [-0.15, -0.1) is 11.3 Å². The van der Waals surface area contributed by atoms with Crippen LogP contribution in [0.15, 0.2) is 65.6 Å². The molecule has 5 heteroatoms. The summed E-state index contributed by atoms with van der Waals surface area (Å²) in [6.45, 7) is 0.468. The second-order valence-electron chi connectivity index (χ2n) is 4.76. The highest BCUT2D eigenvalue weighted by molar-refractivity contribution is 7.15. The molecule has 1 aromatic carbocycles. The average Bonchev–Trinajstić information content (AvgIpc) is 3.03. The molecule has 1 amide bonds. The number of thiophene rings is 1. The fourth-order valence-corrected chi connectivity index (χ4v) is 3.00. The first-order chi connectivity index (χ1) is 10.7. The number of H-pyrrole nitrogens is 1. The van der Waals surface area contributed by atoms with Gasteiger partial charge < -0.3 is 10.3 Å². The van der Waals surface area contributed by atoms with Crippen molar-refractivity contribution in [1.82, 2.24) is 10.3 Å². The highest BCUT2D eigenvalue weighted by Gasteiger charge is 2.07. The van der Waals surface area contributed by atoms with Crippen molar-refractivity contribution in [2.24, 2.45) is 0 Å². The fourth-order valence-electron chi connectivity index (χ4n) is 2.05. The summed E-state index contributed by atoms with van der Waals surface area (Å²) in [6, 6.07) is 17.1. The van der Waals surface area contributed by atoms with Gasteiger partial charge in [-0.2, -0.15) is 0 Å². The van der Waals surface area contributed by atoms with Crippen molar-refractivity contribution in [3.8, 4) is 10.4 Å². The van der Waals surface area contributed by atoms with Crippen molar-refractivity contribution in [2.75, 3.05) is 0 Å². The number of pyridine rings is 1. The molecule has 4 nitrogen and oxygen atoms in total. The van der Waals surface area contributed by atoms with Gasteiger partial charge in [0.2, 0.25) is 5.56 Å². The first-order valence-corrected chi connectivity index (χ1v) is 7.65. The molecule has 0 saturated heterocycles. The van der Waals surface area contributed by atoms with Crippen LogP contribution in [-0.4, -0.2) is 10.9 Å². The first-order valence-electron chi connectivity index (χ1n) is 6.83. The molecule has 0 bridgehead atoms. The molecule has 0 atom stereocenters. The van der Waals surface area contributed by atoms with Gasteiger partial charge in [-0.05, 0) is 23.8 Å². The van der Waals surface area contributed by atoms with Crippen molar-refractivity contribution < 1.29 is 4.79 Å². The molecule has 0 radical (unpaired) electrons. The van der Waals surface area contributed by atoms with Gasteiger partial charge in [-0.25, -0.2) is 0 Å². The number of hydrogen-bond acceptors (Lipinski definition) is 3. The molecule has 2 heterocycles. The van der Waals surface area contributed by atoms with E-state index in [1.807, 2.05) is 24.3 Å². The first kappa shape index (κ1) is 14.3. The number of carbonyl (C=O) groups is 1. The highest BCUT2D eigenvalue weighted by atomic mass is 32.1. The van der Waals surface area contributed by atoms with Crippen LogP contribution in [0.25, 0.3) is 10.4 Å². The van der Waals surface area contributed by atoms with Crippen molar-refractivity contribution in [2.45, 2.75) is 6.54 Å². The Bertz CT molecular complexity index is 817. The molecule has 0 aliphatic rings. The molecule has 0 saturated carbocycles. The average molecular weight is 310 g/mol. The van der Waals surface area contributed by atoms with E-state index in [1.54, 1.807) is 11.3 Å². The SMILES string of the molecule is O=C(NCc1ccc(-c2ccccc2)s1)c1ccc(=O)[nH]c1. The van der Waals surface area contributed by atoms with Crippen molar-refractivity contribution >= 4 is 17.2 Å². The summed E-state index contributed by atoms with van der Waals surface area (Å²) in [6.07, 6.45) is 1.42. The van der Waals surface area contributed by atoms with Crippen molar-refractivity contribution in [1.29, 1.82) is 0 Å². The van der Waals surface area contributed by atoms with E-state index in [1.165, 1.54) is 28.8 Å². The van der Waals surface area contributed by atoms with Gasteiger partial charge in [0.05, 0.1) is 12.1 Å². The summed E-state index contributed by atoms with van der Waals surface area (Å²) in [7, 11) is 0. The second-order valence-corrected chi connectivity index (χ2v) is 5.92. The molecular formula is C17H14N2O2S. The summed E-state index contributed by atoms with van der Waals surface area (Å²) in [5.74, 6) is -0.203. The second kappa shape index (κ2) is 6.41. The lowest BCUT2D eigenvalue weighted by Crippen LogP contribution is -2.23. The van der Waals surface area contributed by atoms with Gasteiger partial charge >= 0.3 is 0 Å². The lowest BCUT2D eigenvalue weighted by Gasteiger charge is -2.03. The molecule has 0 aliphatic carbocycles. The van der Waals surface area contributed by atoms with E-state index in [0.717, 1.165) is 4.88 Å². The van der Waals surface area contributed by atoms with Crippen molar-refractivity contribution in [3.63, 3.8) is 0 Å². The molecular weight excluding hydrogens is 296 g/mol. The number of benzene rings is 1. The van der Waals surface area contributed by atoms with Gasteiger partial charge in [0.15, 0.2) is 0 Å². The Kier molecular flexibility index (Phi) is 4.16. The number of hydrogen-bond donors (Lipinski definition) is 2. The smallest absolute Gasteiger partial charge is 0.253 e. The molecule has 2 N–H and O–H groups in total. The largest absolute Gasteiger partial charge is 0.347 e.